The third kappa shape index (κ3) is 3.93. The van der Waals surface area contributed by atoms with E-state index in [1.807, 2.05) is 6.07 Å². The summed E-state index contributed by atoms with van der Waals surface area (Å²) < 4.78 is 5.90. The molecule has 0 unspecified atom stereocenters. The fourth-order valence-corrected chi connectivity index (χ4v) is 2.52. The van der Waals surface area contributed by atoms with Gasteiger partial charge in [-0.3, -0.25) is 0 Å². The first-order chi connectivity index (χ1) is 8.99. The minimum Gasteiger partial charge on any atom is -0.477 e. The Morgan fingerprint density at radius 3 is 2.53 bits per heavy atom. The number of rotatable bonds is 4. The molecule has 1 saturated carbocycles. The standard InChI is InChI=1S/C16H26N2O/c1-16(2,3)14-8-13(10-17)9-15(18-14)19-11-12-6-4-5-7-12/h8-9,12H,4-7,10-11,17H2,1-3H3. The quantitative estimate of drug-likeness (QED) is 0.904. The van der Waals surface area contributed by atoms with Gasteiger partial charge in [0.25, 0.3) is 0 Å². The van der Waals surface area contributed by atoms with Crippen molar-refractivity contribution >= 4 is 0 Å². The SMILES string of the molecule is CC(C)(C)c1cc(CN)cc(OCC2CCCC2)n1. The number of aromatic nitrogens is 1. The summed E-state index contributed by atoms with van der Waals surface area (Å²) in [5.74, 6) is 1.45. The number of hydrogen-bond acceptors (Lipinski definition) is 3. The van der Waals surface area contributed by atoms with E-state index in [1.165, 1.54) is 25.7 Å². The van der Waals surface area contributed by atoms with E-state index >= 15 is 0 Å². The molecule has 3 heteroatoms. The maximum atomic E-state index is 5.90. The van der Waals surface area contributed by atoms with Crippen molar-refractivity contribution in [3.05, 3.63) is 23.4 Å². The molecule has 1 heterocycles. The van der Waals surface area contributed by atoms with Crippen LogP contribution in [0.15, 0.2) is 12.1 Å². The summed E-state index contributed by atoms with van der Waals surface area (Å²) in [5.41, 5.74) is 7.94. The molecule has 19 heavy (non-hydrogen) atoms. The average molecular weight is 262 g/mol. The molecular formula is C16H26N2O. The van der Waals surface area contributed by atoms with Crippen LogP contribution in [0.3, 0.4) is 0 Å². The zero-order valence-corrected chi connectivity index (χ0v) is 12.4. The second-order valence-electron chi connectivity index (χ2n) is 6.61. The van der Waals surface area contributed by atoms with Crippen molar-refractivity contribution in [1.29, 1.82) is 0 Å². The summed E-state index contributed by atoms with van der Waals surface area (Å²) in [7, 11) is 0. The maximum absolute atomic E-state index is 5.90. The van der Waals surface area contributed by atoms with Crippen LogP contribution in [0.5, 0.6) is 5.88 Å². The predicted molar refractivity (Wildman–Crippen MR) is 78.3 cm³/mol. The normalized spacial score (nSPS) is 16.8. The summed E-state index contributed by atoms with van der Waals surface area (Å²) in [6.45, 7) is 7.82. The third-order valence-corrected chi connectivity index (χ3v) is 3.81. The molecule has 1 fully saturated rings. The number of nitrogens with two attached hydrogens (primary N) is 1. The van der Waals surface area contributed by atoms with Crippen molar-refractivity contribution in [2.45, 2.75) is 58.4 Å². The molecule has 0 aliphatic heterocycles. The Labute approximate surface area is 116 Å². The fraction of sp³-hybridized carbons (Fsp3) is 0.688. The Balaban J connectivity index is 2.10. The van der Waals surface area contributed by atoms with Gasteiger partial charge in [0.15, 0.2) is 0 Å². The molecule has 106 valence electrons. The van der Waals surface area contributed by atoms with Gasteiger partial charge in [0, 0.05) is 18.0 Å². The topological polar surface area (TPSA) is 48.1 Å². The van der Waals surface area contributed by atoms with E-state index in [4.69, 9.17) is 10.5 Å². The van der Waals surface area contributed by atoms with E-state index in [-0.39, 0.29) is 5.41 Å². The molecule has 2 N–H and O–H groups in total. The Morgan fingerprint density at radius 1 is 1.26 bits per heavy atom. The molecule has 0 spiro atoms. The van der Waals surface area contributed by atoms with E-state index in [0.717, 1.165) is 23.7 Å². The lowest BCUT2D eigenvalue weighted by Crippen LogP contribution is -2.16. The molecule has 1 aliphatic rings. The molecule has 0 atom stereocenters. The van der Waals surface area contributed by atoms with Crippen LogP contribution >= 0.6 is 0 Å². The van der Waals surface area contributed by atoms with Crippen molar-refractivity contribution in [3.8, 4) is 5.88 Å². The lowest BCUT2D eigenvalue weighted by molar-refractivity contribution is 0.242. The first kappa shape index (κ1) is 14.3. The van der Waals surface area contributed by atoms with Crippen molar-refractivity contribution in [1.82, 2.24) is 4.98 Å². The first-order valence-electron chi connectivity index (χ1n) is 7.33. The zero-order chi connectivity index (χ0) is 13.9. The summed E-state index contributed by atoms with van der Waals surface area (Å²) in [6, 6.07) is 4.06. The monoisotopic (exact) mass is 262 g/mol. The highest BCUT2D eigenvalue weighted by Gasteiger charge is 2.19. The number of pyridine rings is 1. The second kappa shape index (κ2) is 5.91. The van der Waals surface area contributed by atoms with Crippen molar-refractivity contribution in [3.63, 3.8) is 0 Å². The van der Waals surface area contributed by atoms with Crippen LogP contribution in [0.2, 0.25) is 0 Å². The Morgan fingerprint density at radius 2 is 1.95 bits per heavy atom. The molecule has 0 amide bonds. The van der Waals surface area contributed by atoms with Gasteiger partial charge in [-0.05, 0) is 30.4 Å². The van der Waals surface area contributed by atoms with E-state index in [0.29, 0.717) is 12.5 Å². The first-order valence-corrected chi connectivity index (χ1v) is 7.33. The average Bonchev–Trinajstić information content (AvgIpc) is 2.88. The minimum absolute atomic E-state index is 0.0245. The van der Waals surface area contributed by atoms with E-state index in [9.17, 15) is 0 Å². The number of ether oxygens (including phenoxy) is 1. The maximum Gasteiger partial charge on any atom is 0.213 e. The Hall–Kier alpha value is -1.09. The highest BCUT2D eigenvalue weighted by molar-refractivity contribution is 5.28. The molecule has 0 aromatic carbocycles. The Bertz CT molecular complexity index is 417. The van der Waals surface area contributed by atoms with Crippen LogP contribution in [0, 0.1) is 5.92 Å². The second-order valence-corrected chi connectivity index (χ2v) is 6.61. The van der Waals surface area contributed by atoms with Crippen LogP contribution in [-0.4, -0.2) is 11.6 Å². The zero-order valence-electron chi connectivity index (χ0n) is 12.4. The molecule has 0 radical (unpaired) electrons. The van der Waals surface area contributed by atoms with Crippen molar-refractivity contribution in [2.24, 2.45) is 11.7 Å². The van der Waals surface area contributed by atoms with Gasteiger partial charge in [-0.15, -0.1) is 0 Å². The summed E-state index contributed by atoms with van der Waals surface area (Å²) in [6.07, 6.45) is 5.28. The van der Waals surface area contributed by atoms with Crippen LogP contribution < -0.4 is 10.5 Å². The van der Waals surface area contributed by atoms with Gasteiger partial charge in [-0.25, -0.2) is 4.98 Å². The molecule has 0 saturated heterocycles. The summed E-state index contributed by atoms with van der Waals surface area (Å²) in [5, 5.41) is 0. The van der Waals surface area contributed by atoms with Gasteiger partial charge in [0.05, 0.1) is 12.3 Å². The van der Waals surface area contributed by atoms with E-state index in [1.54, 1.807) is 0 Å². The van der Waals surface area contributed by atoms with Crippen LogP contribution in [0.4, 0.5) is 0 Å². The minimum atomic E-state index is 0.0245. The smallest absolute Gasteiger partial charge is 0.213 e. The molecule has 2 rings (SSSR count). The van der Waals surface area contributed by atoms with Gasteiger partial charge in [0.2, 0.25) is 5.88 Å². The predicted octanol–water partition coefficient (Wildman–Crippen LogP) is 3.41. The highest BCUT2D eigenvalue weighted by atomic mass is 16.5. The summed E-state index contributed by atoms with van der Waals surface area (Å²) >= 11 is 0. The van der Waals surface area contributed by atoms with Gasteiger partial charge in [0.1, 0.15) is 0 Å². The lowest BCUT2D eigenvalue weighted by atomic mass is 9.91. The van der Waals surface area contributed by atoms with Crippen LogP contribution in [-0.2, 0) is 12.0 Å². The largest absolute Gasteiger partial charge is 0.477 e. The van der Waals surface area contributed by atoms with Gasteiger partial charge in [-0.2, -0.15) is 0 Å². The fourth-order valence-electron chi connectivity index (χ4n) is 2.52. The molecule has 0 bridgehead atoms. The van der Waals surface area contributed by atoms with Crippen LogP contribution in [0.25, 0.3) is 0 Å². The van der Waals surface area contributed by atoms with Crippen LogP contribution in [0.1, 0.15) is 57.7 Å². The number of hydrogen-bond donors (Lipinski definition) is 1. The molecule has 1 aromatic rings. The van der Waals surface area contributed by atoms with E-state index < -0.39 is 0 Å². The number of nitrogens with zero attached hydrogens (tertiary/aromatic N) is 1. The molecule has 1 aliphatic carbocycles. The third-order valence-electron chi connectivity index (χ3n) is 3.81. The molecule has 1 aromatic heterocycles. The molecule has 3 nitrogen and oxygen atoms in total. The lowest BCUT2D eigenvalue weighted by Gasteiger charge is -2.20. The molecular weight excluding hydrogens is 236 g/mol. The van der Waals surface area contributed by atoms with Gasteiger partial charge in [-0.1, -0.05) is 33.6 Å². The highest BCUT2D eigenvalue weighted by Crippen LogP contribution is 2.27. The van der Waals surface area contributed by atoms with Gasteiger partial charge < -0.3 is 10.5 Å². The van der Waals surface area contributed by atoms with Crippen molar-refractivity contribution < 1.29 is 4.74 Å². The Kier molecular flexibility index (Phi) is 4.46. The summed E-state index contributed by atoms with van der Waals surface area (Å²) in [4.78, 5) is 4.64. The van der Waals surface area contributed by atoms with Crippen molar-refractivity contribution in [2.75, 3.05) is 6.61 Å². The van der Waals surface area contributed by atoms with Gasteiger partial charge >= 0.3 is 0 Å². The van der Waals surface area contributed by atoms with E-state index in [2.05, 4.69) is 31.8 Å².